The van der Waals surface area contributed by atoms with E-state index in [2.05, 4.69) is 29.0 Å². The molecule has 7 heteroatoms. The Morgan fingerprint density at radius 2 is 2.04 bits per heavy atom. The topological polar surface area (TPSA) is 66.0 Å². The molecule has 6 nitrogen and oxygen atoms in total. The molecule has 0 aliphatic rings. The molecule has 0 spiro atoms. The first-order chi connectivity index (χ1) is 11.2. The van der Waals surface area contributed by atoms with Crippen molar-refractivity contribution in [2.24, 2.45) is 0 Å². The van der Waals surface area contributed by atoms with E-state index in [0.29, 0.717) is 17.7 Å². The van der Waals surface area contributed by atoms with Gasteiger partial charge < -0.3 is 13.7 Å². The van der Waals surface area contributed by atoms with E-state index >= 15 is 0 Å². The first kappa shape index (κ1) is 15.6. The normalized spacial score (nSPS) is 11.1. The number of hydrogen-bond acceptors (Lipinski definition) is 6. The van der Waals surface area contributed by atoms with Gasteiger partial charge in [0.2, 0.25) is 5.89 Å². The minimum absolute atomic E-state index is 0.333. The average Bonchev–Trinajstić information content (AvgIpc) is 3.22. The molecule has 3 rings (SSSR count). The van der Waals surface area contributed by atoms with E-state index in [1.807, 2.05) is 28.8 Å². The smallest absolute Gasteiger partial charge is 0.226 e. The third kappa shape index (κ3) is 3.56. The number of rotatable bonds is 6. The molecule has 0 saturated heterocycles. The third-order valence-electron chi connectivity index (χ3n) is 3.33. The number of nitrogens with zero attached hydrogens (tertiary/aromatic N) is 4. The van der Waals surface area contributed by atoms with Crippen LogP contribution in [0.1, 0.15) is 25.6 Å². The van der Waals surface area contributed by atoms with Crippen LogP contribution in [-0.2, 0) is 5.75 Å². The molecule has 23 heavy (non-hydrogen) atoms. The number of ether oxygens (including phenoxy) is 1. The Morgan fingerprint density at radius 3 is 2.74 bits per heavy atom. The van der Waals surface area contributed by atoms with Gasteiger partial charge in [-0.2, -0.15) is 0 Å². The fraction of sp³-hybridized carbons (Fsp3) is 0.312. The summed E-state index contributed by atoms with van der Waals surface area (Å²) in [4.78, 5) is 4.52. The number of aromatic nitrogens is 4. The van der Waals surface area contributed by atoms with Gasteiger partial charge in [-0.15, -0.1) is 10.2 Å². The van der Waals surface area contributed by atoms with Gasteiger partial charge in [-0.05, 0) is 38.1 Å². The van der Waals surface area contributed by atoms with E-state index in [4.69, 9.17) is 9.15 Å². The highest BCUT2D eigenvalue weighted by atomic mass is 32.2. The zero-order chi connectivity index (χ0) is 16.2. The quantitative estimate of drug-likeness (QED) is 0.640. The molecule has 1 aromatic carbocycles. The van der Waals surface area contributed by atoms with Crippen LogP contribution in [0.15, 0.2) is 46.4 Å². The van der Waals surface area contributed by atoms with Crippen LogP contribution in [-0.4, -0.2) is 26.9 Å². The summed E-state index contributed by atoms with van der Waals surface area (Å²) in [6.07, 6.45) is 3.43. The Balaban J connectivity index is 1.68. The van der Waals surface area contributed by atoms with Crippen molar-refractivity contribution in [3.8, 4) is 17.2 Å². The van der Waals surface area contributed by atoms with Gasteiger partial charge >= 0.3 is 0 Å². The van der Waals surface area contributed by atoms with Crippen molar-refractivity contribution in [1.82, 2.24) is 19.7 Å². The van der Waals surface area contributed by atoms with Crippen molar-refractivity contribution < 1.29 is 9.15 Å². The molecule has 2 heterocycles. The highest BCUT2D eigenvalue weighted by Gasteiger charge is 2.11. The summed E-state index contributed by atoms with van der Waals surface area (Å²) in [5.74, 6) is 2.10. The van der Waals surface area contributed by atoms with Gasteiger partial charge in [-0.3, -0.25) is 0 Å². The van der Waals surface area contributed by atoms with Crippen molar-refractivity contribution in [3.63, 3.8) is 0 Å². The molecule has 0 N–H and O–H groups in total. The molecular weight excluding hydrogens is 312 g/mol. The maximum absolute atomic E-state index is 5.56. The van der Waals surface area contributed by atoms with Crippen molar-refractivity contribution >= 4 is 11.8 Å². The number of thioether (sulfide) groups is 1. The minimum atomic E-state index is 0.333. The number of hydrogen-bond donors (Lipinski definition) is 0. The van der Waals surface area contributed by atoms with E-state index in [0.717, 1.165) is 22.2 Å². The fourth-order valence-corrected chi connectivity index (χ4v) is 2.99. The Kier molecular flexibility index (Phi) is 4.66. The van der Waals surface area contributed by atoms with Crippen LogP contribution in [0.25, 0.3) is 11.5 Å². The first-order valence-corrected chi connectivity index (χ1v) is 8.27. The van der Waals surface area contributed by atoms with Gasteiger partial charge in [0.25, 0.3) is 0 Å². The van der Waals surface area contributed by atoms with Crippen molar-refractivity contribution in [1.29, 1.82) is 0 Å². The lowest BCUT2D eigenvalue weighted by atomic mass is 10.2. The van der Waals surface area contributed by atoms with Crippen molar-refractivity contribution in [3.05, 3.63) is 42.5 Å². The van der Waals surface area contributed by atoms with Crippen LogP contribution >= 0.6 is 11.8 Å². The van der Waals surface area contributed by atoms with Gasteiger partial charge in [0.15, 0.2) is 5.16 Å². The van der Waals surface area contributed by atoms with Crippen LogP contribution in [0.2, 0.25) is 0 Å². The molecule has 0 amide bonds. The predicted octanol–water partition coefficient (Wildman–Crippen LogP) is 3.81. The fourth-order valence-electron chi connectivity index (χ4n) is 2.07. The lowest BCUT2D eigenvalue weighted by Gasteiger charge is -2.08. The summed E-state index contributed by atoms with van der Waals surface area (Å²) in [7, 11) is 1.64. The molecule has 2 aromatic heterocycles. The molecule has 0 aliphatic carbocycles. The maximum Gasteiger partial charge on any atom is 0.226 e. The summed E-state index contributed by atoms with van der Waals surface area (Å²) in [5, 5.41) is 8.98. The molecule has 0 fully saturated rings. The number of oxazole rings is 1. The average molecular weight is 330 g/mol. The standard InChI is InChI=1S/C16H18N4O2S/c1-11(2)20-10-17-19-16(20)23-9-13-8-22-15(18-13)12-4-6-14(21-3)7-5-12/h4-8,10-11H,9H2,1-3H3. The zero-order valence-electron chi connectivity index (χ0n) is 13.3. The predicted molar refractivity (Wildman–Crippen MR) is 88.5 cm³/mol. The van der Waals surface area contributed by atoms with Crippen molar-refractivity contribution in [2.75, 3.05) is 7.11 Å². The summed E-state index contributed by atoms with van der Waals surface area (Å²) in [6.45, 7) is 4.20. The van der Waals surface area contributed by atoms with Crippen LogP contribution in [0, 0.1) is 0 Å². The van der Waals surface area contributed by atoms with Gasteiger partial charge in [0.05, 0.1) is 12.8 Å². The molecule has 120 valence electrons. The molecule has 0 unspecified atom stereocenters. The van der Waals surface area contributed by atoms with E-state index in [1.165, 1.54) is 0 Å². The second kappa shape index (κ2) is 6.87. The van der Waals surface area contributed by atoms with E-state index in [-0.39, 0.29) is 0 Å². The zero-order valence-corrected chi connectivity index (χ0v) is 14.1. The molecule has 0 saturated carbocycles. The van der Waals surface area contributed by atoms with Gasteiger partial charge in [0.1, 0.15) is 18.3 Å². The Bertz CT molecular complexity index is 764. The van der Waals surface area contributed by atoms with Crippen LogP contribution in [0.3, 0.4) is 0 Å². The van der Waals surface area contributed by atoms with Crippen molar-refractivity contribution in [2.45, 2.75) is 30.8 Å². The Hall–Kier alpha value is -2.28. The van der Waals surface area contributed by atoms with E-state index < -0.39 is 0 Å². The minimum Gasteiger partial charge on any atom is -0.497 e. The molecule has 3 aromatic rings. The number of methoxy groups -OCH3 is 1. The SMILES string of the molecule is COc1ccc(-c2nc(CSc3nncn3C(C)C)co2)cc1. The monoisotopic (exact) mass is 330 g/mol. The first-order valence-electron chi connectivity index (χ1n) is 7.28. The molecule has 0 radical (unpaired) electrons. The second-order valence-corrected chi connectivity index (χ2v) is 6.22. The number of benzene rings is 1. The molecular formula is C16H18N4O2S. The Labute approximate surface area is 138 Å². The largest absolute Gasteiger partial charge is 0.497 e. The summed E-state index contributed by atoms with van der Waals surface area (Å²) >= 11 is 1.60. The van der Waals surface area contributed by atoms with E-state index in [1.54, 1.807) is 31.5 Å². The van der Waals surface area contributed by atoms with Crippen LogP contribution in [0.4, 0.5) is 0 Å². The van der Waals surface area contributed by atoms with E-state index in [9.17, 15) is 0 Å². The second-order valence-electron chi connectivity index (χ2n) is 5.28. The summed E-state index contributed by atoms with van der Waals surface area (Å²) < 4.78 is 12.8. The summed E-state index contributed by atoms with van der Waals surface area (Å²) in [6, 6.07) is 7.96. The molecule has 0 bridgehead atoms. The highest BCUT2D eigenvalue weighted by molar-refractivity contribution is 7.98. The molecule has 0 atom stereocenters. The van der Waals surface area contributed by atoms with Gasteiger partial charge in [-0.1, -0.05) is 11.8 Å². The lowest BCUT2D eigenvalue weighted by molar-refractivity contribution is 0.415. The molecule has 0 aliphatic heterocycles. The van der Waals surface area contributed by atoms with Gasteiger partial charge in [0, 0.05) is 17.4 Å². The highest BCUT2D eigenvalue weighted by Crippen LogP contribution is 2.26. The van der Waals surface area contributed by atoms with Crippen LogP contribution < -0.4 is 4.74 Å². The third-order valence-corrected chi connectivity index (χ3v) is 4.33. The van der Waals surface area contributed by atoms with Gasteiger partial charge in [-0.25, -0.2) is 4.98 Å². The summed E-state index contributed by atoms with van der Waals surface area (Å²) in [5.41, 5.74) is 1.80. The Morgan fingerprint density at radius 1 is 1.26 bits per heavy atom. The maximum atomic E-state index is 5.56. The van der Waals surface area contributed by atoms with Crippen LogP contribution in [0.5, 0.6) is 5.75 Å². The lowest BCUT2D eigenvalue weighted by Crippen LogP contribution is -2.00.